The quantitative estimate of drug-likeness (QED) is 0.801. The van der Waals surface area contributed by atoms with E-state index in [2.05, 4.69) is 9.71 Å². The molecule has 0 fully saturated rings. The molecule has 2 aromatic rings. The van der Waals surface area contributed by atoms with Gasteiger partial charge in [-0.1, -0.05) is 20.8 Å². The topological polar surface area (TPSA) is 98.5 Å². The average Bonchev–Trinajstić information content (AvgIpc) is 3.11. The van der Waals surface area contributed by atoms with Gasteiger partial charge in [0.1, 0.15) is 0 Å². The van der Waals surface area contributed by atoms with Crippen molar-refractivity contribution in [2.75, 3.05) is 11.8 Å². The molecule has 0 radical (unpaired) electrons. The zero-order valence-corrected chi connectivity index (χ0v) is 16.8. The first-order chi connectivity index (χ1) is 12.6. The Balaban J connectivity index is 2.00. The van der Waals surface area contributed by atoms with E-state index in [4.69, 9.17) is 9.15 Å². The number of benzene rings is 1. The minimum Gasteiger partial charge on any atom is -0.465 e. The maximum Gasteiger partial charge on any atom is 0.340 e. The van der Waals surface area contributed by atoms with Gasteiger partial charge in [0, 0.05) is 5.41 Å². The molecule has 1 heterocycles. The van der Waals surface area contributed by atoms with Crippen LogP contribution in [0.15, 0.2) is 27.8 Å². The molecule has 0 amide bonds. The molecule has 1 aromatic heterocycles. The maximum absolute atomic E-state index is 12.8. The molecular weight excluding hydrogens is 368 g/mol. The first-order valence-corrected chi connectivity index (χ1v) is 10.3. The number of oxazole rings is 1. The molecule has 0 bridgehead atoms. The Kier molecular flexibility index (Phi) is 5.03. The van der Waals surface area contributed by atoms with E-state index in [-0.39, 0.29) is 16.3 Å². The van der Waals surface area contributed by atoms with E-state index in [0.29, 0.717) is 5.89 Å². The van der Waals surface area contributed by atoms with Crippen molar-refractivity contribution in [2.24, 2.45) is 0 Å². The van der Waals surface area contributed by atoms with Crippen LogP contribution >= 0.6 is 0 Å². The first-order valence-electron chi connectivity index (χ1n) is 8.85. The molecular formula is C19H24N2O5S. The van der Waals surface area contributed by atoms with Crippen LogP contribution in [0.25, 0.3) is 0 Å². The van der Waals surface area contributed by atoms with Crippen molar-refractivity contribution in [2.45, 2.75) is 57.0 Å². The van der Waals surface area contributed by atoms with Gasteiger partial charge in [-0.05, 0) is 48.9 Å². The summed E-state index contributed by atoms with van der Waals surface area (Å²) < 4.78 is 38.3. The number of hydrogen-bond donors (Lipinski definition) is 1. The van der Waals surface area contributed by atoms with Gasteiger partial charge in [0.05, 0.1) is 24.6 Å². The minimum atomic E-state index is -4.03. The van der Waals surface area contributed by atoms with Crippen LogP contribution in [0, 0.1) is 0 Å². The van der Waals surface area contributed by atoms with E-state index >= 15 is 0 Å². The van der Waals surface area contributed by atoms with Gasteiger partial charge in [-0.3, -0.25) is 4.72 Å². The van der Waals surface area contributed by atoms with Crippen LogP contribution in [0.2, 0.25) is 0 Å². The number of hydrogen-bond acceptors (Lipinski definition) is 6. The molecule has 146 valence electrons. The van der Waals surface area contributed by atoms with Crippen molar-refractivity contribution >= 4 is 21.7 Å². The molecule has 0 unspecified atom stereocenters. The van der Waals surface area contributed by atoms with Gasteiger partial charge in [-0.15, -0.1) is 0 Å². The summed E-state index contributed by atoms with van der Waals surface area (Å²) in [6.45, 7) is 5.63. The van der Waals surface area contributed by atoms with Gasteiger partial charge in [-0.2, -0.15) is 8.42 Å². The van der Waals surface area contributed by atoms with E-state index < -0.39 is 21.4 Å². The van der Waals surface area contributed by atoms with Crippen molar-refractivity contribution in [1.82, 2.24) is 4.98 Å². The Morgan fingerprint density at radius 1 is 1.19 bits per heavy atom. The molecule has 1 aliphatic rings. The number of anilines is 1. The average molecular weight is 392 g/mol. The third kappa shape index (κ3) is 4.00. The van der Waals surface area contributed by atoms with Gasteiger partial charge in [-0.25, -0.2) is 9.78 Å². The molecule has 1 N–H and O–H groups in total. The number of fused-ring (bicyclic) bond motifs is 1. The number of ether oxygens (including phenoxy) is 1. The highest BCUT2D eigenvalue weighted by Gasteiger charge is 2.28. The van der Waals surface area contributed by atoms with Crippen molar-refractivity contribution in [3.63, 3.8) is 0 Å². The molecule has 1 aliphatic carbocycles. The van der Waals surface area contributed by atoms with E-state index in [1.54, 1.807) is 12.1 Å². The lowest BCUT2D eigenvalue weighted by Crippen LogP contribution is -2.17. The summed E-state index contributed by atoms with van der Waals surface area (Å²) in [4.78, 5) is 16.2. The second-order valence-electron chi connectivity index (χ2n) is 7.71. The lowest BCUT2D eigenvalue weighted by atomic mass is 9.89. The molecule has 0 spiro atoms. The second-order valence-corrected chi connectivity index (χ2v) is 9.32. The number of carbonyl (C=O) groups is 1. The van der Waals surface area contributed by atoms with Gasteiger partial charge in [0.2, 0.25) is 5.89 Å². The van der Waals surface area contributed by atoms with Crippen LogP contribution < -0.4 is 4.72 Å². The predicted octanol–water partition coefficient (Wildman–Crippen LogP) is 3.44. The molecule has 8 heteroatoms. The minimum absolute atomic E-state index is 0.191. The number of sulfonamides is 1. The number of esters is 1. The molecule has 0 saturated carbocycles. The van der Waals surface area contributed by atoms with E-state index in [1.807, 2.05) is 20.8 Å². The molecule has 3 rings (SSSR count). The molecule has 7 nitrogen and oxygen atoms in total. The Labute approximate surface area is 159 Å². The zero-order chi connectivity index (χ0) is 19.8. The fourth-order valence-corrected chi connectivity index (χ4v) is 4.01. The smallest absolute Gasteiger partial charge is 0.340 e. The van der Waals surface area contributed by atoms with Crippen molar-refractivity contribution in [3.05, 3.63) is 40.9 Å². The number of carbonyl (C=O) groups excluding carboxylic acids is 1. The third-order valence-electron chi connectivity index (χ3n) is 4.52. The second kappa shape index (κ2) is 6.99. The largest absolute Gasteiger partial charge is 0.465 e. The lowest BCUT2D eigenvalue weighted by Gasteiger charge is -2.19. The first kappa shape index (κ1) is 19.4. The number of nitrogens with one attached hydrogen (secondary N) is 1. The third-order valence-corrected chi connectivity index (χ3v) is 5.73. The summed E-state index contributed by atoms with van der Waals surface area (Å²) in [5.41, 5.74) is 2.06. The van der Waals surface area contributed by atoms with Gasteiger partial charge < -0.3 is 9.15 Å². The van der Waals surface area contributed by atoms with Crippen LogP contribution in [-0.4, -0.2) is 26.5 Å². The van der Waals surface area contributed by atoms with Gasteiger partial charge in [0.25, 0.3) is 15.1 Å². The van der Waals surface area contributed by atoms with Crippen LogP contribution in [0.1, 0.15) is 61.0 Å². The highest BCUT2D eigenvalue weighted by molar-refractivity contribution is 7.92. The van der Waals surface area contributed by atoms with Gasteiger partial charge >= 0.3 is 5.97 Å². The summed E-state index contributed by atoms with van der Waals surface area (Å²) in [5, 5.41) is -0.291. The van der Waals surface area contributed by atoms with Crippen LogP contribution in [0.3, 0.4) is 0 Å². The van der Waals surface area contributed by atoms with Crippen molar-refractivity contribution < 1.29 is 22.4 Å². The van der Waals surface area contributed by atoms with E-state index in [0.717, 1.165) is 36.8 Å². The predicted molar refractivity (Wildman–Crippen MR) is 100 cm³/mol. The van der Waals surface area contributed by atoms with Crippen LogP contribution in [0.5, 0.6) is 0 Å². The number of nitrogens with zero attached hydrogens (tertiary/aromatic N) is 1. The van der Waals surface area contributed by atoms with Crippen LogP contribution in [-0.2, 0) is 33.0 Å². The number of rotatable bonds is 4. The summed E-state index contributed by atoms with van der Waals surface area (Å²) in [6, 6.07) is 3.44. The van der Waals surface area contributed by atoms with Gasteiger partial charge in [0.15, 0.2) is 0 Å². The monoisotopic (exact) mass is 392 g/mol. The summed E-state index contributed by atoms with van der Waals surface area (Å²) >= 11 is 0. The summed E-state index contributed by atoms with van der Waals surface area (Å²) in [7, 11) is -2.76. The number of aryl methyl sites for hydroxylation is 2. The molecule has 0 saturated heterocycles. The summed E-state index contributed by atoms with van der Waals surface area (Å²) in [6.07, 6.45) is 4.98. The van der Waals surface area contributed by atoms with E-state index in [1.165, 1.54) is 13.3 Å². The molecule has 1 aromatic carbocycles. The number of aromatic nitrogens is 1. The normalized spacial score (nSPS) is 14.5. The summed E-state index contributed by atoms with van der Waals surface area (Å²) in [5.74, 6) is -0.268. The Morgan fingerprint density at radius 2 is 1.81 bits per heavy atom. The lowest BCUT2D eigenvalue weighted by molar-refractivity contribution is 0.0602. The fraction of sp³-hybridized carbons (Fsp3) is 0.474. The Hall–Kier alpha value is -2.35. The fourth-order valence-electron chi connectivity index (χ4n) is 3.07. The Bertz CT molecular complexity index is 970. The standard InChI is InChI=1S/C19H24N2O5S/c1-19(2,3)18-20-11-16(26-18)27(23,24)21-15-10-13-8-6-5-7-12(13)9-14(15)17(22)25-4/h9-11,21H,5-8H2,1-4H3. The SMILES string of the molecule is COC(=O)c1cc2c(cc1NS(=O)(=O)c1cnc(C(C)(C)C)o1)CCCC2. The molecule has 27 heavy (non-hydrogen) atoms. The highest BCUT2D eigenvalue weighted by Crippen LogP contribution is 2.30. The van der Waals surface area contributed by atoms with E-state index in [9.17, 15) is 13.2 Å². The van der Waals surface area contributed by atoms with Crippen LogP contribution in [0.4, 0.5) is 5.69 Å². The molecule has 0 atom stereocenters. The molecule has 0 aliphatic heterocycles. The maximum atomic E-state index is 12.8. The number of methoxy groups -OCH3 is 1. The van der Waals surface area contributed by atoms with Crippen molar-refractivity contribution in [1.29, 1.82) is 0 Å². The highest BCUT2D eigenvalue weighted by atomic mass is 32.2. The Morgan fingerprint density at radius 3 is 2.37 bits per heavy atom. The van der Waals surface area contributed by atoms with Crippen molar-refractivity contribution in [3.8, 4) is 0 Å². The zero-order valence-electron chi connectivity index (χ0n) is 16.0.